The third-order valence-electron chi connectivity index (χ3n) is 4.46. The average molecular weight is 409 g/mol. The van der Waals surface area contributed by atoms with E-state index < -0.39 is 11.2 Å². The Balaban J connectivity index is 2.76. The number of ketones is 1. The van der Waals surface area contributed by atoms with Crippen molar-refractivity contribution in [3.8, 4) is 0 Å². The fourth-order valence-corrected chi connectivity index (χ4v) is 2.88. The summed E-state index contributed by atoms with van der Waals surface area (Å²) in [5.41, 5.74) is -0.837. The van der Waals surface area contributed by atoms with Gasteiger partial charge in [-0.25, -0.2) is 4.79 Å². The number of Topliss-reactive ketones (excluding diaryl/α,β-unsaturated/α-hetero) is 1. The summed E-state index contributed by atoms with van der Waals surface area (Å²) < 4.78 is 1.13. The molecule has 0 aliphatic carbocycles. The van der Waals surface area contributed by atoms with E-state index in [-0.39, 0.29) is 36.7 Å². The van der Waals surface area contributed by atoms with Crippen LogP contribution in [-0.2, 0) is 20.9 Å². The lowest BCUT2D eigenvalue weighted by Crippen LogP contribution is -2.46. The van der Waals surface area contributed by atoms with Gasteiger partial charge in [-0.15, -0.1) is 0 Å². The smallest absolute Gasteiger partial charge is 0.328 e. The number of nitrogens with one attached hydrogen (secondary N) is 3. The van der Waals surface area contributed by atoms with Crippen molar-refractivity contribution in [2.24, 2.45) is 0 Å². The maximum atomic E-state index is 12.7. The molecule has 3 N–H and O–H groups in total. The van der Waals surface area contributed by atoms with Crippen molar-refractivity contribution in [2.75, 3.05) is 26.7 Å². The van der Waals surface area contributed by atoms with Crippen LogP contribution in [0.25, 0.3) is 0 Å². The van der Waals surface area contributed by atoms with Gasteiger partial charge in [0, 0.05) is 37.8 Å². The summed E-state index contributed by atoms with van der Waals surface area (Å²) in [5, 5.41) is 5.88. The molecule has 0 aromatic carbocycles. The maximum absolute atomic E-state index is 12.7. The first kappa shape index (κ1) is 24.3. The number of unbranched alkanes of at least 4 members (excludes halogenated alkanes) is 1. The summed E-state index contributed by atoms with van der Waals surface area (Å²) in [6, 6.07) is -0.0373. The van der Waals surface area contributed by atoms with Crippen molar-refractivity contribution in [3.05, 3.63) is 32.6 Å². The van der Waals surface area contributed by atoms with E-state index in [1.54, 1.807) is 14.0 Å². The lowest BCUT2D eigenvalue weighted by molar-refractivity contribution is -0.135. The third-order valence-corrected chi connectivity index (χ3v) is 4.46. The second-order valence-electron chi connectivity index (χ2n) is 7.14. The molecule has 0 radical (unpaired) electrons. The molecule has 10 heteroatoms. The summed E-state index contributed by atoms with van der Waals surface area (Å²) in [6.45, 7) is 5.00. The second-order valence-corrected chi connectivity index (χ2v) is 7.14. The molecule has 162 valence electrons. The summed E-state index contributed by atoms with van der Waals surface area (Å²) >= 11 is 0. The molecule has 1 aromatic heterocycles. The van der Waals surface area contributed by atoms with Gasteiger partial charge in [0.15, 0.2) is 0 Å². The van der Waals surface area contributed by atoms with Crippen LogP contribution in [0.15, 0.2) is 15.8 Å². The molecule has 29 heavy (non-hydrogen) atoms. The Kier molecular flexibility index (Phi) is 10.0. The standard InChI is InChI=1S/C19H31N5O5/c1-13-9-24(19(29)22-18(13)28)12-17(27)23(10-14(2)25)11-16(20-4)7-5-6-8-21-15(3)26/h9,16,20H,5-8,10-12H2,1-4H3,(H,21,26)(H,22,28,29). The van der Waals surface area contributed by atoms with Gasteiger partial charge in [-0.05, 0) is 33.7 Å². The van der Waals surface area contributed by atoms with Gasteiger partial charge < -0.3 is 15.5 Å². The van der Waals surface area contributed by atoms with Gasteiger partial charge >= 0.3 is 5.69 Å². The van der Waals surface area contributed by atoms with Crippen LogP contribution in [-0.4, -0.2) is 64.8 Å². The molecule has 1 heterocycles. The van der Waals surface area contributed by atoms with Crippen molar-refractivity contribution in [3.63, 3.8) is 0 Å². The molecule has 10 nitrogen and oxygen atoms in total. The van der Waals surface area contributed by atoms with Gasteiger partial charge in [0.2, 0.25) is 11.8 Å². The molecule has 0 bridgehead atoms. The normalized spacial score (nSPS) is 11.7. The molecule has 1 atom stereocenters. The van der Waals surface area contributed by atoms with Gasteiger partial charge in [-0.2, -0.15) is 0 Å². The Labute approximate surface area is 169 Å². The van der Waals surface area contributed by atoms with Crippen molar-refractivity contribution in [1.29, 1.82) is 0 Å². The van der Waals surface area contributed by atoms with Crippen LogP contribution >= 0.6 is 0 Å². The number of carbonyl (C=O) groups is 3. The Bertz CT molecular complexity index is 829. The number of H-pyrrole nitrogens is 1. The largest absolute Gasteiger partial charge is 0.356 e. The highest BCUT2D eigenvalue weighted by Gasteiger charge is 2.20. The van der Waals surface area contributed by atoms with Crippen molar-refractivity contribution in [2.45, 2.75) is 52.6 Å². The zero-order chi connectivity index (χ0) is 22.0. The molecule has 1 aromatic rings. The van der Waals surface area contributed by atoms with Crippen LogP contribution in [0, 0.1) is 6.92 Å². The van der Waals surface area contributed by atoms with Crippen LogP contribution in [0.1, 0.15) is 38.7 Å². The number of aromatic nitrogens is 2. The predicted molar refractivity (Wildman–Crippen MR) is 109 cm³/mol. The Morgan fingerprint density at radius 1 is 1.21 bits per heavy atom. The summed E-state index contributed by atoms with van der Waals surface area (Å²) in [5.74, 6) is -0.614. The maximum Gasteiger partial charge on any atom is 0.328 e. The fraction of sp³-hybridized carbons (Fsp3) is 0.632. The van der Waals surface area contributed by atoms with Crippen LogP contribution in [0.2, 0.25) is 0 Å². The topological polar surface area (TPSA) is 133 Å². The molecule has 1 unspecified atom stereocenters. The van der Waals surface area contributed by atoms with E-state index in [2.05, 4.69) is 15.6 Å². The number of amides is 2. The lowest BCUT2D eigenvalue weighted by atomic mass is 10.1. The van der Waals surface area contributed by atoms with E-state index >= 15 is 0 Å². The van der Waals surface area contributed by atoms with E-state index in [0.717, 1.165) is 23.8 Å². The molecule has 1 rings (SSSR count). The molecule has 0 saturated heterocycles. The monoisotopic (exact) mass is 409 g/mol. The van der Waals surface area contributed by atoms with E-state index in [0.29, 0.717) is 18.7 Å². The predicted octanol–water partition coefficient (Wildman–Crippen LogP) is -0.843. The van der Waals surface area contributed by atoms with Crippen LogP contribution in [0.4, 0.5) is 0 Å². The number of nitrogens with zero attached hydrogens (tertiary/aromatic N) is 2. The highest BCUT2D eigenvalue weighted by Crippen LogP contribution is 2.05. The fourth-order valence-electron chi connectivity index (χ4n) is 2.88. The number of carbonyl (C=O) groups excluding carboxylic acids is 3. The van der Waals surface area contributed by atoms with Crippen molar-refractivity contribution >= 4 is 17.6 Å². The number of aromatic amines is 1. The zero-order valence-corrected chi connectivity index (χ0v) is 17.5. The molecular formula is C19H31N5O5. The molecule has 0 saturated carbocycles. The first-order chi connectivity index (χ1) is 13.6. The Morgan fingerprint density at radius 2 is 1.90 bits per heavy atom. The summed E-state index contributed by atoms with van der Waals surface area (Å²) in [6.07, 6.45) is 3.75. The first-order valence-corrected chi connectivity index (χ1v) is 9.63. The summed E-state index contributed by atoms with van der Waals surface area (Å²) in [7, 11) is 1.78. The summed E-state index contributed by atoms with van der Waals surface area (Å²) in [4.78, 5) is 62.3. The lowest BCUT2D eigenvalue weighted by Gasteiger charge is -2.27. The van der Waals surface area contributed by atoms with Crippen molar-refractivity contribution in [1.82, 2.24) is 25.1 Å². The molecular weight excluding hydrogens is 378 g/mol. The molecule has 0 fully saturated rings. The van der Waals surface area contributed by atoms with E-state index in [9.17, 15) is 24.0 Å². The van der Waals surface area contributed by atoms with E-state index in [1.165, 1.54) is 24.9 Å². The van der Waals surface area contributed by atoms with E-state index in [4.69, 9.17) is 0 Å². The molecule has 2 amide bonds. The SMILES string of the molecule is CNC(CCCCNC(C)=O)CN(CC(C)=O)C(=O)Cn1cc(C)c(=O)[nH]c1=O. The minimum absolute atomic E-state index is 0.0373. The minimum atomic E-state index is -0.667. The highest BCUT2D eigenvalue weighted by atomic mass is 16.2. The Morgan fingerprint density at radius 3 is 2.48 bits per heavy atom. The highest BCUT2D eigenvalue weighted by molar-refractivity contribution is 5.84. The third kappa shape index (κ3) is 8.86. The quantitative estimate of drug-likeness (QED) is 0.385. The number of likely N-dealkylation sites (N-methyl/N-ethyl adjacent to an activating group) is 1. The van der Waals surface area contributed by atoms with Crippen LogP contribution in [0.5, 0.6) is 0 Å². The van der Waals surface area contributed by atoms with Gasteiger partial charge in [-0.1, -0.05) is 6.42 Å². The number of aryl methyl sites for hydroxylation is 1. The Hall–Kier alpha value is -2.75. The number of hydrogen-bond donors (Lipinski definition) is 3. The number of hydrogen-bond acceptors (Lipinski definition) is 6. The minimum Gasteiger partial charge on any atom is -0.356 e. The zero-order valence-electron chi connectivity index (χ0n) is 17.5. The average Bonchev–Trinajstić information content (AvgIpc) is 2.63. The van der Waals surface area contributed by atoms with Crippen LogP contribution < -0.4 is 21.9 Å². The second kappa shape index (κ2) is 11.9. The number of rotatable bonds is 12. The van der Waals surface area contributed by atoms with Gasteiger partial charge in [0.05, 0.1) is 6.54 Å². The van der Waals surface area contributed by atoms with Gasteiger partial charge in [0.25, 0.3) is 5.56 Å². The van der Waals surface area contributed by atoms with Crippen molar-refractivity contribution < 1.29 is 14.4 Å². The molecule has 0 aliphatic rings. The molecule has 0 aliphatic heterocycles. The van der Waals surface area contributed by atoms with Gasteiger partial charge in [-0.3, -0.25) is 28.7 Å². The first-order valence-electron chi connectivity index (χ1n) is 9.63. The van der Waals surface area contributed by atoms with Crippen LogP contribution in [0.3, 0.4) is 0 Å². The van der Waals surface area contributed by atoms with E-state index in [1.807, 2.05) is 0 Å². The van der Waals surface area contributed by atoms with Gasteiger partial charge in [0.1, 0.15) is 12.3 Å². The molecule has 0 spiro atoms.